The van der Waals surface area contributed by atoms with Gasteiger partial charge in [-0.2, -0.15) is 0 Å². The van der Waals surface area contributed by atoms with Crippen LogP contribution in [0, 0.1) is 5.92 Å². The monoisotopic (exact) mass is 157 g/mol. The van der Waals surface area contributed by atoms with Gasteiger partial charge < -0.3 is 0 Å². The standard InChI is InChI=1S/C8H15NS/c1-7(2)5-8(9-3)6-10-4/h6-7H,3,5H2,1-2,4H3/b8-6-. The Morgan fingerprint density at radius 3 is 2.60 bits per heavy atom. The molecule has 0 fully saturated rings. The van der Waals surface area contributed by atoms with Gasteiger partial charge in [0.05, 0.1) is 0 Å². The summed E-state index contributed by atoms with van der Waals surface area (Å²) in [5, 5.41) is 2.05. The maximum Gasteiger partial charge on any atom is 0.0461 e. The molecule has 0 rings (SSSR count). The third-order valence-corrected chi connectivity index (χ3v) is 1.58. The lowest BCUT2D eigenvalue weighted by atomic mass is 10.1. The summed E-state index contributed by atoms with van der Waals surface area (Å²) in [6.45, 7) is 7.86. The van der Waals surface area contributed by atoms with Crippen molar-refractivity contribution in [3.05, 3.63) is 11.1 Å². The summed E-state index contributed by atoms with van der Waals surface area (Å²) in [6, 6.07) is 0. The predicted octanol–water partition coefficient (Wildman–Crippen LogP) is 2.94. The Bertz CT molecular complexity index is 127. The minimum Gasteiger partial charge on any atom is -0.269 e. The molecule has 0 radical (unpaired) electrons. The first-order valence-corrected chi connectivity index (χ1v) is 4.68. The summed E-state index contributed by atoms with van der Waals surface area (Å²) in [4.78, 5) is 3.91. The van der Waals surface area contributed by atoms with E-state index in [2.05, 4.69) is 25.6 Å². The fourth-order valence-corrected chi connectivity index (χ4v) is 1.15. The van der Waals surface area contributed by atoms with Crippen molar-refractivity contribution in [3.63, 3.8) is 0 Å². The lowest BCUT2D eigenvalue weighted by Gasteiger charge is -2.02. The average Bonchev–Trinajstić information content (AvgIpc) is 1.86. The van der Waals surface area contributed by atoms with Crippen LogP contribution in [0.25, 0.3) is 0 Å². The molecule has 0 aliphatic rings. The van der Waals surface area contributed by atoms with Crippen LogP contribution in [0.1, 0.15) is 20.3 Å². The van der Waals surface area contributed by atoms with Gasteiger partial charge in [-0.15, -0.1) is 11.8 Å². The molecule has 2 heteroatoms. The minimum atomic E-state index is 0.670. The van der Waals surface area contributed by atoms with E-state index in [1.165, 1.54) is 0 Å². The largest absolute Gasteiger partial charge is 0.269 e. The highest BCUT2D eigenvalue weighted by molar-refractivity contribution is 8.01. The van der Waals surface area contributed by atoms with E-state index in [0.717, 1.165) is 12.1 Å². The first-order valence-electron chi connectivity index (χ1n) is 3.39. The van der Waals surface area contributed by atoms with E-state index in [4.69, 9.17) is 0 Å². The second-order valence-electron chi connectivity index (χ2n) is 2.60. The molecule has 0 saturated carbocycles. The molecule has 0 aromatic heterocycles. The summed E-state index contributed by atoms with van der Waals surface area (Å²) in [5.74, 6) is 0.670. The highest BCUT2D eigenvalue weighted by Crippen LogP contribution is 2.14. The van der Waals surface area contributed by atoms with Crippen LogP contribution >= 0.6 is 11.8 Å². The van der Waals surface area contributed by atoms with Gasteiger partial charge in [0.2, 0.25) is 0 Å². The van der Waals surface area contributed by atoms with Gasteiger partial charge in [0.1, 0.15) is 0 Å². The molecular formula is C8H15NS. The van der Waals surface area contributed by atoms with Crippen molar-refractivity contribution in [2.45, 2.75) is 20.3 Å². The third kappa shape index (κ3) is 4.62. The molecule has 0 N–H and O–H groups in total. The van der Waals surface area contributed by atoms with Gasteiger partial charge in [-0.1, -0.05) is 13.8 Å². The normalized spacial score (nSPS) is 12.2. The molecule has 0 aromatic carbocycles. The Balaban J connectivity index is 3.83. The fourth-order valence-electron chi connectivity index (χ4n) is 0.704. The van der Waals surface area contributed by atoms with Crippen molar-refractivity contribution >= 4 is 18.5 Å². The third-order valence-electron chi connectivity index (χ3n) is 1.07. The molecular weight excluding hydrogens is 142 g/mol. The Kier molecular flexibility index (Phi) is 5.40. The Morgan fingerprint density at radius 2 is 2.30 bits per heavy atom. The van der Waals surface area contributed by atoms with Gasteiger partial charge in [-0.3, -0.25) is 4.99 Å². The summed E-state index contributed by atoms with van der Waals surface area (Å²) in [5.41, 5.74) is 1.10. The van der Waals surface area contributed by atoms with Crippen LogP contribution in [-0.2, 0) is 0 Å². The van der Waals surface area contributed by atoms with Crippen LogP contribution in [0.15, 0.2) is 16.1 Å². The van der Waals surface area contributed by atoms with Crippen molar-refractivity contribution in [1.82, 2.24) is 0 Å². The van der Waals surface area contributed by atoms with Crippen LogP contribution < -0.4 is 0 Å². The van der Waals surface area contributed by atoms with Crippen LogP contribution in [0.4, 0.5) is 0 Å². The Hall–Kier alpha value is -0.240. The van der Waals surface area contributed by atoms with E-state index >= 15 is 0 Å². The topological polar surface area (TPSA) is 12.4 Å². The lowest BCUT2D eigenvalue weighted by molar-refractivity contribution is 0.640. The van der Waals surface area contributed by atoms with Gasteiger partial charge in [0.25, 0.3) is 0 Å². The van der Waals surface area contributed by atoms with Gasteiger partial charge in [-0.25, -0.2) is 0 Å². The van der Waals surface area contributed by atoms with Crippen molar-refractivity contribution < 1.29 is 0 Å². The predicted molar refractivity (Wildman–Crippen MR) is 50.6 cm³/mol. The zero-order chi connectivity index (χ0) is 7.98. The maximum atomic E-state index is 3.91. The van der Waals surface area contributed by atoms with Gasteiger partial charge in [0.15, 0.2) is 0 Å². The van der Waals surface area contributed by atoms with Crippen LogP contribution in [0.3, 0.4) is 0 Å². The Morgan fingerprint density at radius 1 is 1.70 bits per heavy atom. The summed E-state index contributed by atoms with van der Waals surface area (Å²) in [6.07, 6.45) is 3.07. The summed E-state index contributed by atoms with van der Waals surface area (Å²) >= 11 is 1.68. The molecule has 10 heavy (non-hydrogen) atoms. The summed E-state index contributed by atoms with van der Waals surface area (Å²) in [7, 11) is 0. The molecule has 0 bridgehead atoms. The number of aliphatic imine (C=N–C) groups is 1. The molecule has 0 unspecified atom stereocenters. The van der Waals surface area contributed by atoms with Crippen LogP contribution in [-0.4, -0.2) is 13.0 Å². The van der Waals surface area contributed by atoms with Crippen LogP contribution in [0.5, 0.6) is 0 Å². The number of thioether (sulfide) groups is 1. The van der Waals surface area contributed by atoms with Crippen molar-refractivity contribution in [1.29, 1.82) is 0 Å². The van der Waals surface area contributed by atoms with Crippen molar-refractivity contribution in [2.75, 3.05) is 6.26 Å². The summed E-state index contributed by atoms with van der Waals surface area (Å²) < 4.78 is 0. The van der Waals surface area contributed by atoms with Gasteiger partial charge in [-0.05, 0) is 30.7 Å². The molecule has 0 aliphatic heterocycles. The highest BCUT2D eigenvalue weighted by atomic mass is 32.2. The first kappa shape index (κ1) is 9.76. The van der Waals surface area contributed by atoms with Crippen molar-refractivity contribution in [2.24, 2.45) is 10.9 Å². The zero-order valence-corrected chi connectivity index (χ0v) is 7.74. The SMILES string of the molecule is C=N/C(=C\SC)CC(C)C. The molecule has 1 nitrogen and oxygen atoms in total. The molecule has 0 spiro atoms. The quantitative estimate of drug-likeness (QED) is 0.571. The number of hydrogen-bond acceptors (Lipinski definition) is 2. The minimum absolute atomic E-state index is 0.670. The van der Waals surface area contributed by atoms with Gasteiger partial charge in [0, 0.05) is 5.70 Å². The zero-order valence-electron chi connectivity index (χ0n) is 6.92. The van der Waals surface area contributed by atoms with E-state index in [1.807, 2.05) is 11.7 Å². The first-order chi connectivity index (χ1) is 4.70. The fraction of sp³-hybridized carbons (Fsp3) is 0.625. The number of rotatable bonds is 4. The van der Waals surface area contributed by atoms with E-state index in [1.54, 1.807) is 11.8 Å². The van der Waals surface area contributed by atoms with Gasteiger partial charge >= 0.3 is 0 Å². The molecule has 0 amide bonds. The molecule has 0 aliphatic carbocycles. The van der Waals surface area contributed by atoms with Crippen molar-refractivity contribution in [3.8, 4) is 0 Å². The number of allylic oxidation sites excluding steroid dienone is 1. The molecule has 0 saturated heterocycles. The number of nitrogens with zero attached hydrogens (tertiary/aromatic N) is 1. The second kappa shape index (κ2) is 5.54. The van der Waals surface area contributed by atoms with Crippen LogP contribution in [0.2, 0.25) is 0 Å². The molecule has 0 heterocycles. The highest BCUT2D eigenvalue weighted by Gasteiger charge is 1.96. The number of hydrogen-bond donors (Lipinski definition) is 0. The van der Waals surface area contributed by atoms with E-state index < -0.39 is 0 Å². The smallest absolute Gasteiger partial charge is 0.0461 e. The lowest BCUT2D eigenvalue weighted by Crippen LogP contribution is -1.87. The Labute approximate surface area is 67.6 Å². The average molecular weight is 157 g/mol. The second-order valence-corrected chi connectivity index (χ2v) is 3.31. The molecule has 58 valence electrons. The van der Waals surface area contributed by atoms with E-state index in [9.17, 15) is 0 Å². The van der Waals surface area contributed by atoms with E-state index in [0.29, 0.717) is 5.92 Å². The molecule has 0 aromatic rings. The van der Waals surface area contributed by atoms with E-state index in [-0.39, 0.29) is 0 Å². The molecule has 0 atom stereocenters. The maximum absolute atomic E-state index is 3.91.